The SMILES string of the molecule is CNCC1CCN(C2CCCC(C(C)C)CC2)CC1. The second-order valence-corrected chi connectivity index (χ2v) is 7.20. The second-order valence-electron chi connectivity index (χ2n) is 7.20. The first-order chi connectivity index (χ1) is 9.20. The normalized spacial score (nSPS) is 31.6. The van der Waals surface area contributed by atoms with E-state index in [-0.39, 0.29) is 0 Å². The van der Waals surface area contributed by atoms with Gasteiger partial charge in [-0.1, -0.05) is 26.7 Å². The molecule has 0 radical (unpaired) electrons. The van der Waals surface area contributed by atoms with Crippen molar-refractivity contribution in [2.45, 2.75) is 64.8 Å². The van der Waals surface area contributed by atoms with Crippen LogP contribution in [0.3, 0.4) is 0 Å². The average molecular weight is 266 g/mol. The summed E-state index contributed by atoms with van der Waals surface area (Å²) in [5.74, 6) is 2.81. The summed E-state index contributed by atoms with van der Waals surface area (Å²) in [6.07, 6.45) is 10.1. The second kappa shape index (κ2) is 7.64. The molecule has 1 saturated heterocycles. The highest BCUT2D eigenvalue weighted by Crippen LogP contribution is 2.32. The van der Waals surface area contributed by atoms with E-state index >= 15 is 0 Å². The Hall–Kier alpha value is -0.0800. The Morgan fingerprint density at radius 2 is 1.74 bits per heavy atom. The molecule has 19 heavy (non-hydrogen) atoms. The van der Waals surface area contributed by atoms with Crippen LogP contribution < -0.4 is 5.32 Å². The van der Waals surface area contributed by atoms with Crippen molar-refractivity contribution in [2.75, 3.05) is 26.7 Å². The molecule has 0 aromatic carbocycles. The number of nitrogens with zero attached hydrogens (tertiary/aromatic N) is 1. The summed E-state index contributed by atoms with van der Waals surface area (Å²) < 4.78 is 0. The molecule has 112 valence electrons. The number of nitrogens with one attached hydrogen (secondary N) is 1. The van der Waals surface area contributed by atoms with Gasteiger partial charge in [-0.2, -0.15) is 0 Å². The summed E-state index contributed by atoms with van der Waals surface area (Å²) in [6.45, 7) is 8.74. The first-order valence-corrected chi connectivity index (χ1v) is 8.59. The van der Waals surface area contributed by atoms with Crippen LogP contribution in [-0.4, -0.2) is 37.6 Å². The molecule has 2 fully saturated rings. The molecule has 2 aliphatic rings. The molecule has 1 aliphatic carbocycles. The van der Waals surface area contributed by atoms with Crippen LogP contribution in [0.2, 0.25) is 0 Å². The third-order valence-electron chi connectivity index (χ3n) is 5.58. The van der Waals surface area contributed by atoms with E-state index in [0.29, 0.717) is 0 Å². The maximum absolute atomic E-state index is 3.34. The van der Waals surface area contributed by atoms with Crippen LogP contribution in [0.15, 0.2) is 0 Å². The third-order valence-corrected chi connectivity index (χ3v) is 5.58. The molecule has 0 amide bonds. The first-order valence-electron chi connectivity index (χ1n) is 8.59. The highest BCUT2D eigenvalue weighted by Gasteiger charge is 2.27. The zero-order valence-corrected chi connectivity index (χ0v) is 13.3. The van der Waals surface area contributed by atoms with E-state index in [0.717, 1.165) is 23.8 Å². The Kier molecular flexibility index (Phi) is 6.15. The number of rotatable bonds is 4. The van der Waals surface area contributed by atoms with E-state index in [1.165, 1.54) is 64.6 Å². The summed E-state index contributed by atoms with van der Waals surface area (Å²) in [4.78, 5) is 2.81. The topological polar surface area (TPSA) is 15.3 Å². The lowest BCUT2D eigenvalue weighted by Gasteiger charge is -2.37. The van der Waals surface area contributed by atoms with Crippen molar-refractivity contribution in [1.82, 2.24) is 10.2 Å². The van der Waals surface area contributed by atoms with Gasteiger partial charge in [-0.05, 0) is 76.5 Å². The Morgan fingerprint density at radius 1 is 1.00 bits per heavy atom. The molecule has 2 atom stereocenters. The monoisotopic (exact) mass is 266 g/mol. The van der Waals surface area contributed by atoms with Crippen molar-refractivity contribution in [2.24, 2.45) is 17.8 Å². The van der Waals surface area contributed by atoms with Crippen LogP contribution in [0.4, 0.5) is 0 Å². The maximum atomic E-state index is 3.34. The van der Waals surface area contributed by atoms with Crippen molar-refractivity contribution >= 4 is 0 Å². The molecule has 2 unspecified atom stereocenters. The molecular formula is C17H34N2. The number of piperidine rings is 1. The van der Waals surface area contributed by atoms with Crippen LogP contribution in [0.1, 0.15) is 58.8 Å². The van der Waals surface area contributed by atoms with Crippen LogP contribution in [0, 0.1) is 17.8 Å². The highest BCUT2D eigenvalue weighted by atomic mass is 15.2. The van der Waals surface area contributed by atoms with Gasteiger partial charge in [-0.3, -0.25) is 0 Å². The van der Waals surface area contributed by atoms with Crippen LogP contribution in [0.25, 0.3) is 0 Å². The van der Waals surface area contributed by atoms with Crippen molar-refractivity contribution in [3.05, 3.63) is 0 Å². The standard InChI is InChI=1S/C17H34N2/c1-14(2)16-5-4-6-17(8-7-16)19-11-9-15(10-12-19)13-18-3/h14-18H,4-13H2,1-3H3. The van der Waals surface area contributed by atoms with E-state index in [4.69, 9.17) is 0 Å². The van der Waals surface area contributed by atoms with Crippen molar-refractivity contribution in [3.8, 4) is 0 Å². The van der Waals surface area contributed by atoms with Crippen LogP contribution in [-0.2, 0) is 0 Å². The van der Waals surface area contributed by atoms with Gasteiger partial charge < -0.3 is 10.2 Å². The lowest BCUT2D eigenvalue weighted by molar-refractivity contribution is 0.120. The molecule has 2 rings (SSSR count). The van der Waals surface area contributed by atoms with E-state index < -0.39 is 0 Å². The van der Waals surface area contributed by atoms with Gasteiger partial charge in [0.05, 0.1) is 0 Å². The minimum absolute atomic E-state index is 0.889. The molecule has 0 aromatic rings. The fourth-order valence-electron chi connectivity index (χ4n) is 4.15. The Bertz CT molecular complexity index is 244. The predicted molar refractivity (Wildman–Crippen MR) is 83.4 cm³/mol. The quantitative estimate of drug-likeness (QED) is 0.783. The predicted octanol–water partition coefficient (Wildman–Crippen LogP) is 3.52. The lowest BCUT2D eigenvalue weighted by Crippen LogP contribution is -2.42. The summed E-state index contributed by atoms with van der Waals surface area (Å²) >= 11 is 0. The summed E-state index contributed by atoms with van der Waals surface area (Å²) in [7, 11) is 2.09. The molecule has 1 aliphatic heterocycles. The maximum Gasteiger partial charge on any atom is 0.00953 e. The minimum Gasteiger partial charge on any atom is -0.319 e. The third kappa shape index (κ3) is 4.46. The van der Waals surface area contributed by atoms with Crippen LogP contribution in [0.5, 0.6) is 0 Å². The minimum atomic E-state index is 0.889. The molecule has 2 nitrogen and oxygen atoms in total. The average Bonchev–Trinajstić information content (AvgIpc) is 2.66. The van der Waals surface area contributed by atoms with Gasteiger partial charge in [-0.15, -0.1) is 0 Å². The smallest absolute Gasteiger partial charge is 0.00953 e. The largest absolute Gasteiger partial charge is 0.319 e. The number of likely N-dealkylation sites (tertiary alicyclic amines) is 1. The number of hydrogen-bond acceptors (Lipinski definition) is 2. The van der Waals surface area contributed by atoms with Gasteiger partial charge in [-0.25, -0.2) is 0 Å². The fourth-order valence-corrected chi connectivity index (χ4v) is 4.15. The zero-order chi connectivity index (χ0) is 13.7. The van der Waals surface area contributed by atoms with Gasteiger partial charge >= 0.3 is 0 Å². The molecule has 1 N–H and O–H groups in total. The van der Waals surface area contributed by atoms with Crippen molar-refractivity contribution in [1.29, 1.82) is 0 Å². The molecular weight excluding hydrogens is 232 g/mol. The van der Waals surface area contributed by atoms with E-state index in [2.05, 4.69) is 31.1 Å². The molecule has 0 bridgehead atoms. The van der Waals surface area contributed by atoms with Gasteiger partial charge in [0.2, 0.25) is 0 Å². The van der Waals surface area contributed by atoms with E-state index in [9.17, 15) is 0 Å². The Morgan fingerprint density at radius 3 is 2.37 bits per heavy atom. The summed E-state index contributed by atoms with van der Waals surface area (Å²) in [5.41, 5.74) is 0. The van der Waals surface area contributed by atoms with Gasteiger partial charge in [0, 0.05) is 6.04 Å². The number of hydrogen-bond donors (Lipinski definition) is 1. The Labute approximate surface area is 120 Å². The lowest BCUT2D eigenvalue weighted by atomic mass is 9.89. The molecule has 0 spiro atoms. The molecule has 1 heterocycles. The first kappa shape index (κ1) is 15.3. The van der Waals surface area contributed by atoms with E-state index in [1.807, 2.05) is 0 Å². The van der Waals surface area contributed by atoms with E-state index in [1.54, 1.807) is 0 Å². The molecule has 1 saturated carbocycles. The van der Waals surface area contributed by atoms with Crippen LogP contribution >= 0.6 is 0 Å². The Balaban J connectivity index is 1.77. The zero-order valence-electron chi connectivity index (χ0n) is 13.3. The molecule has 0 aromatic heterocycles. The van der Waals surface area contributed by atoms with Crippen molar-refractivity contribution in [3.63, 3.8) is 0 Å². The van der Waals surface area contributed by atoms with Gasteiger partial charge in [0.1, 0.15) is 0 Å². The van der Waals surface area contributed by atoms with Crippen molar-refractivity contribution < 1.29 is 0 Å². The van der Waals surface area contributed by atoms with Gasteiger partial charge in [0.15, 0.2) is 0 Å². The summed E-state index contributed by atoms with van der Waals surface area (Å²) in [6, 6.07) is 0.902. The van der Waals surface area contributed by atoms with Gasteiger partial charge in [0.25, 0.3) is 0 Å². The highest BCUT2D eigenvalue weighted by molar-refractivity contribution is 4.82. The fraction of sp³-hybridized carbons (Fsp3) is 1.00. The summed E-state index contributed by atoms with van der Waals surface area (Å²) in [5, 5.41) is 3.34. The molecule has 2 heteroatoms.